The van der Waals surface area contributed by atoms with Crippen LogP contribution in [0.25, 0.3) is 220 Å². The summed E-state index contributed by atoms with van der Waals surface area (Å²) in [5.74, 6) is -0.231. The molecule has 0 fully saturated rings. The lowest BCUT2D eigenvalue weighted by molar-refractivity contribution is -0.660. The minimum Gasteiger partial charge on any atom is -0.455 e. The predicted molar refractivity (Wildman–Crippen MR) is 531 cm³/mol. The highest BCUT2D eigenvalue weighted by Crippen LogP contribution is 2.47. The van der Waals surface area contributed by atoms with E-state index in [1.807, 2.05) is 147 Å². The number of pyridine rings is 4. The van der Waals surface area contributed by atoms with Crippen LogP contribution in [-0.4, -0.2) is 0 Å². The molecule has 622 valence electrons. The minimum absolute atomic E-state index is 0.231. The standard InChI is InChI=1S/C31H26NO.2C30H24NO.C29H21FNO/c1-19-9-12-23(13-10-19)26-17-27(32(4)18-21(26)3)29-20(2)11-15-25-30-24-8-6-5-7-22(24)14-16-28(30)33-31(25)29;1-19-13-15-24-29-23-12-8-7-11-22(23)14-16-27(29)32-30(24)28(19)26-17-25(20(2)18-31(26)3)21-9-5-4-6-10-21;1-19-8-11-21(12-9-19)23-16-17-31(3)26(18-23)28-20(2)10-14-25-29-24-7-5-4-6-22(24)13-15-27(29)32-30(25)28;1-18-7-13-24-28-23-6-4-3-5-20(23)10-14-26(28)32-29(24)27(18)25-17-21(15-16-31(25)2)19-8-11-22(30)12-9-19/h5-18H,1-4H3;2*4-18H,1-3H3;3-17H,1-2H3/q4*+1/i3D3;2D3;;. The molecule has 129 heavy (non-hydrogen) atoms. The number of furan rings is 4. The first-order valence-electron chi connectivity index (χ1n) is 46.6. The fraction of sp³-hybridized carbons (Fsp3) is 0.100. The summed E-state index contributed by atoms with van der Waals surface area (Å²) in [7, 11) is 7.94. The summed E-state index contributed by atoms with van der Waals surface area (Å²) in [6.45, 7) is 8.10. The second-order valence-corrected chi connectivity index (χ2v) is 34.2. The molecule has 0 aliphatic rings. The van der Waals surface area contributed by atoms with Crippen LogP contribution in [0.4, 0.5) is 4.39 Å². The quantitative estimate of drug-likeness (QED) is 0.142. The molecule has 8 nitrogen and oxygen atoms in total. The number of rotatable bonds is 8. The summed E-state index contributed by atoms with van der Waals surface area (Å²) in [5, 5.41) is 18.5. The maximum Gasteiger partial charge on any atom is 0.216 e. The van der Waals surface area contributed by atoms with Crippen molar-refractivity contribution in [2.24, 2.45) is 28.2 Å². The first kappa shape index (κ1) is 73.6. The summed E-state index contributed by atoms with van der Waals surface area (Å²) < 4.78 is 96.7. The Hall–Kier alpha value is -15.7. The number of aryl methyl sites for hydroxylation is 12. The van der Waals surface area contributed by atoms with Crippen LogP contribution in [0.2, 0.25) is 0 Å². The molecule has 0 saturated carbocycles. The molecule has 0 saturated heterocycles. The topological polar surface area (TPSA) is 68.1 Å². The zero-order valence-corrected chi connectivity index (χ0v) is 73.4. The van der Waals surface area contributed by atoms with Crippen molar-refractivity contribution in [2.45, 2.75) is 55.2 Å². The van der Waals surface area contributed by atoms with Gasteiger partial charge < -0.3 is 17.7 Å². The molecule has 9 heteroatoms. The van der Waals surface area contributed by atoms with Gasteiger partial charge in [-0.05, 0) is 201 Å². The zero-order chi connectivity index (χ0) is 93.1. The first-order chi connectivity index (χ1) is 65.2. The van der Waals surface area contributed by atoms with Crippen molar-refractivity contribution in [2.75, 3.05) is 0 Å². The van der Waals surface area contributed by atoms with Gasteiger partial charge in [0, 0.05) is 98.8 Å². The molecule has 0 bridgehead atoms. The Labute approximate surface area is 756 Å². The van der Waals surface area contributed by atoms with Gasteiger partial charge in [-0.2, -0.15) is 0 Å². The van der Waals surface area contributed by atoms with E-state index >= 15 is 0 Å². The Balaban J connectivity index is 0.000000108. The second-order valence-electron chi connectivity index (χ2n) is 34.2. The van der Waals surface area contributed by atoms with Gasteiger partial charge in [0.1, 0.15) is 78.7 Å². The number of fused-ring (bicyclic) bond motifs is 20. The van der Waals surface area contributed by atoms with Gasteiger partial charge in [0.05, 0.1) is 22.3 Å². The van der Waals surface area contributed by atoms with Crippen LogP contribution in [-0.2, 0) is 28.2 Å². The van der Waals surface area contributed by atoms with E-state index in [0.29, 0.717) is 22.3 Å². The van der Waals surface area contributed by atoms with Crippen molar-refractivity contribution in [1.29, 1.82) is 0 Å². The van der Waals surface area contributed by atoms with Gasteiger partial charge in [0.2, 0.25) is 22.8 Å². The van der Waals surface area contributed by atoms with Crippen LogP contribution in [0.15, 0.2) is 376 Å². The lowest BCUT2D eigenvalue weighted by Gasteiger charge is -2.10. The molecule has 0 unspecified atom stereocenters. The lowest BCUT2D eigenvalue weighted by Crippen LogP contribution is -2.31. The molecule has 0 radical (unpaired) electrons. The molecular formula is C120H95FN4O4+4. The summed E-state index contributed by atoms with van der Waals surface area (Å²) in [4.78, 5) is 0. The van der Waals surface area contributed by atoms with Crippen LogP contribution in [0, 0.1) is 61.1 Å². The Bertz CT molecular complexity index is 8640. The number of aromatic nitrogens is 4. The van der Waals surface area contributed by atoms with Crippen LogP contribution >= 0.6 is 0 Å². The smallest absolute Gasteiger partial charge is 0.216 e. The third kappa shape index (κ3) is 14.4. The van der Waals surface area contributed by atoms with E-state index in [1.165, 1.54) is 72.1 Å². The molecule has 8 heterocycles. The molecule has 0 amide bonds. The van der Waals surface area contributed by atoms with Crippen molar-refractivity contribution in [1.82, 2.24) is 0 Å². The van der Waals surface area contributed by atoms with Crippen molar-refractivity contribution >= 4 is 131 Å². The summed E-state index contributed by atoms with van der Waals surface area (Å²) >= 11 is 0. The minimum atomic E-state index is -2.24. The molecule has 0 spiro atoms. The second kappa shape index (κ2) is 32.7. The van der Waals surface area contributed by atoms with E-state index in [4.69, 9.17) is 25.9 Å². The van der Waals surface area contributed by atoms with E-state index < -0.39 is 13.7 Å². The Morgan fingerprint density at radius 1 is 0.240 bits per heavy atom. The molecular weight excluding hydrogens is 1580 g/mol. The maximum absolute atomic E-state index is 13.4. The largest absolute Gasteiger partial charge is 0.455 e. The van der Waals surface area contributed by atoms with Gasteiger partial charge in [0.25, 0.3) is 0 Å². The predicted octanol–water partition coefficient (Wildman–Crippen LogP) is 30.2. The number of nitrogens with zero attached hydrogens (tertiary/aromatic N) is 4. The summed E-state index contributed by atoms with van der Waals surface area (Å²) in [5.41, 5.74) is 30.3. The van der Waals surface area contributed by atoms with Gasteiger partial charge in [0.15, 0.2) is 24.8 Å². The highest BCUT2D eigenvalue weighted by Gasteiger charge is 2.29. The highest BCUT2D eigenvalue weighted by atomic mass is 19.1. The molecule has 0 N–H and O–H groups in total. The molecule has 0 aliphatic heterocycles. The molecule has 24 aromatic rings. The van der Waals surface area contributed by atoms with Crippen LogP contribution in [0.5, 0.6) is 0 Å². The average molecular weight is 1680 g/mol. The average Bonchev–Trinajstić information content (AvgIpc) is 1.60. The van der Waals surface area contributed by atoms with Gasteiger partial charge in [-0.15, -0.1) is 0 Å². The molecule has 0 atom stereocenters. The van der Waals surface area contributed by atoms with Crippen molar-refractivity contribution < 1.29 is 48.6 Å². The molecule has 24 rings (SSSR count). The van der Waals surface area contributed by atoms with E-state index in [-0.39, 0.29) is 5.82 Å². The van der Waals surface area contributed by atoms with Crippen molar-refractivity contribution in [3.05, 3.63) is 409 Å². The normalized spacial score (nSPS) is 12.5. The first-order valence-corrected chi connectivity index (χ1v) is 43.6. The molecule has 16 aromatic carbocycles. The molecule has 0 aliphatic carbocycles. The Morgan fingerprint density at radius 2 is 0.527 bits per heavy atom. The van der Waals surface area contributed by atoms with Crippen LogP contribution in [0.3, 0.4) is 0 Å². The summed E-state index contributed by atoms with van der Waals surface area (Å²) in [6, 6.07) is 113. The van der Waals surface area contributed by atoms with E-state index in [0.717, 1.165) is 183 Å². The third-order valence-electron chi connectivity index (χ3n) is 25.8. The monoisotopic (exact) mass is 1680 g/mol. The fourth-order valence-electron chi connectivity index (χ4n) is 19.1. The number of hydrogen-bond donors (Lipinski definition) is 0. The van der Waals surface area contributed by atoms with Crippen LogP contribution < -0.4 is 18.3 Å². The van der Waals surface area contributed by atoms with Gasteiger partial charge in [-0.25, -0.2) is 22.7 Å². The Kier molecular flexibility index (Phi) is 18.7. The number of benzene rings is 16. The summed E-state index contributed by atoms with van der Waals surface area (Å²) in [6.07, 6.45) is 7.67. The maximum atomic E-state index is 13.4. The van der Waals surface area contributed by atoms with Crippen molar-refractivity contribution in [3.8, 4) is 89.5 Å². The lowest BCUT2D eigenvalue weighted by atomic mass is 9.95. The Morgan fingerprint density at radius 3 is 0.853 bits per heavy atom. The zero-order valence-electron chi connectivity index (χ0n) is 79.4. The number of hydrogen-bond acceptors (Lipinski definition) is 4. The van der Waals surface area contributed by atoms with E-state index in [9.17, 15) is 4.39 Å². The molecule has 8 aromatic heterocycles. The van der Waals surface area contributed by atoms with E-state index in [2.05, 4.69) is 275 Å². The van der Waals surface area contributed by atoms with Crippen molar-refractivity contribution in [3.63, 3.8) is 0 Å². The highest BCUT2D eigenvalue weighted by molar-refractivity contribution is 6.25. The number of halogens is 1. The van der Waals surface area contributed by atoms with Gasteiger partial charge in [-0.3, -0.25) is 0 Å². The third-order valence-corrected chi connectivity index (χ3v) is 25.8. The van der Waals surface area contributed by atoms with Crippen LogP contribution in [0.1, 0.15) is 52.7 Å². The SMILES string of the molecule is Cc1ccc(-c2cc[n+](C)c(-c3c(C)ccc4c3oc3ccc5ccccc5c34)c2)cc1.Cc1ccc2c(oc3ccc4ccccc4c32)c1-c1cc(-c2ccc(F)cc2)cc[n+]1C.[2H]C([2H])([2H])c1c[n+](C)c(-c2c(C)ccc3c2oc2ccc4ccccc4c23)cc1-c1ccc(C)cc1.[2H]C([2H])([2H])c1c[n+](C)c(-c2c(C)ccc3c2oc2ccc4ccccc4c23)cc1-c1ccccc1. The fourth-order valence-corrected chi connectivity index (χ4v) is 19.1. The van der Waals surface area contributed by atoms with E-state index in [1.54, 1.807) is 12.4 Å². The van der Waals surface area contributed by atoms with Gasteiger partial charge in [-0.1, -0.05) is 272 Å². The van der Waals surface area contributed by atoms with Gasteiger partial charge >= 0.3 is 0 Å².